The van der Waals surface area contributed by atoms with E-state index in [0.717, 1.165) is 25.7 Å². The molecule has 1 aliphatic rings. The predicted molar refractivity (Wildman–Crippen MR) is 62.4 cm³/mol. The summed E-state index contributed by atoms with van der Waals surface area (Å²) in [6, 6.07) is -0.364. The van der Waals surface area contributed by atoms with Crippen LogP contribution in [0, 0.1) is 0 Å². The highest BCUT2D eigenvalue weighted by atomic mass is 16.2. The summed E-state index contributed by atoms with van der Waals surface area (Å²) < 4.78 is 0. The molecule has 0 aromatic heterocycles. The molecule has 1 rings (SSSR count). The monoisotopic (exact) mass is 208 g/mol. The number of carbonyl (C=O) groups excluding carboxylic acids is 1. The maximum atomic E-state index is 11.3. The lowest BCUT2D eigenvalue weighted by Gasteiger charge is -2.13. The van der Waals surface area contributed by atoms with Crippen molar-refractivity contribution >= 4 is 5.91 Å². The minimum absolute atomic E-state index is 0.0375. The molecule has 3 N–H and O–H groups in total. The third-order valence-electron chi connectivity index (χ3n) is 2.56. The summed E-state index contributed by atoms with van der Waals surface area (Å²) in [7, 11) is 0. The second-order valence-corrected chi connectivity index (χ2v) is 3.83. The van der Waals surface area contributed by atoms with E-state index in [1.54, 1.807) is 0 Å². The first-order valence-electron chi connectivity index (χ1n) is 5.62. The molecule has 84 valence electrons. The van der Waals surface area contributed by atoms with Gasteiger partial charge >= 0.3 is 0 Å². The van der Waals surface area contributed by atoms with Gasteiger partial charge in [0.15, 0.2) is 0 Å². The van der Waals surface area contributed by atoms with E-state index < -0.39 is 0 Å². The van der Waals surface area contributed by atoms with Crippen LogP contribution in [0.15, 0.2) is 23.8 Å². The first-order chi connectivity index (χ1) is 7.24. The molecule has 1 unspecified atom stereocenters. The van der Waals surface area contributed by atoms with Crippen LogP contribution in [0.5, 0.6) is 0 Å². The van der Waals surface area contributed by atoms with Crippen LogP contribution >= 0.6 is 0 Å². The smallest absolute Gasteiger partial charge is 0.236 e. The van der Waals surface area contributed by atoms with Gasteiger partial charge < -0.3 is 11.1 Å². The number of carbonyl (C=O) groups is 1. The number of hydrogen-bond acceptors (Lipinski definition) is 2. The molecule has 0 aliphatic heterocycles. The number of rotatable bonds is 5. The highest BCUT2D eigenvalue weighted by Gasteiger charge is 2.12. The van der Waals surface area contributed by atoms with E-state index in [0.29, 0.717) is 6.54 Å². The van der Waals surface area contributed by atoms with Gasteiger partial charge in [0.2, 0.25) is 5.91 Å². The van der Waals surface area contributed by atoms with Crippen LogP contribution in [0.3, 0.4) is 0 Å². The summed E-state index contributed by atoms with van der Waals surface area (Å²) in [5.41, 5.74) is 7.16. The standard InChI is InChI=1S/C12H20N2O/c1-2-14-12(15)11(13)9-8-10-6-4-3-5-7-10/h3-4,6,11H,2,5,7-9,13H2,1H3,(H,14,15). The first kappa shape index (κ1) is 12.0. The van der Waals surface area contributed by atoms with E-state index in [-0.39, 0.29) is 11.9 Å². The van der Waals surface area contributed by atoms with Crippen molar-refractivity contribution in [2.75, 3.05) is 6.54 Å². The normalized spacial score (nSPS) is 17.1. The fourth-order valence-electron chi connectivity index (χ4n) is 1.64. The van der Waals surface area contributed by atoms with Crippen molar-refractivity contribution in [3.63, 3.8) is 0 Å². The number of nitrogens with one attached hydrogen (secondary N) is 1. The van der Waals surface area contributed by atoms with Crippen molar-refractivity contribution in [3.05, 3.63) is 23.8 Å². The Bertz CT molecular complexity index is 269. The second-order valence-electron chi connectivity index (χ2n) is 3.83. The fourth-order valence-corrected chi connectivity index (χ4v) is 1.64. The second kappa shape index (κ2) is 6.40. The summed E-state index contributed by atoms with van der Waals surface area (Å²) in [5.74, 6) is -0.0375. The van der Waals surface area contributed by atoms with E-state index >= 15 is 0 Å². The van der Waals surface area contributed by atoms with Crippen molar-refractivity contribution in [2.45, 2.75) is 38.6 Å². The fraction of sp³-hybridized carbons (Fsp3) is 0.583. The Morgan fingerprint density at radius 2 is 2.47 bits per heavy atom. The van der Waals surface area contributed by atoms with Crippen LogP contribution < -0.4 is 11.1 Å². The van der Waals surface area contributed by atoms with Crippen LogP contribution in [0.2, 0.25) is 0 Å². The van der Waals surface area contributed by atoms with Crippen molar-refractivity contribution in [3.8, 4) is 0 Å². The first-order valence-corrected chi connectivity index (χ1v) is 5.62. The van der Waals surface area contributed by atoms with Gasteiger partial charge in [0.1, 0.15) is 0 Å². The topological polar surface area (TPSA) is 55.1 Å². The molecule has 1 amide bonds. The van der Waals surface area contributed by atoms with Crippen molar-refractivity contribution in [2.24, 2.45) is 5.73 Å². The molecule has 0 bridgehead atoms. The van der Waals surface area contributed by atoms with E-state index in [2.05, 4.69) is 23.5 Å². The predicted octanol–water partition coefficient (Wildman–Crippen LogP) is 1.51. The Labute approximate surface area is 91.4 Å². The number of likely N-dealkylation sites (N-methyl/N-ethyl adjacent to an activating group) is 1. The Morgan fingerprint density at radius 1 is 1.67 bits per heavy atom. The molecular weight excluding hydrogens is 188 g/mol. The largest absolute Gasteiger partial charge is 0.355 e. The van der Waals surface area contributed by atoms with E-state index in [4.69, 9.17) is 5.73 Å². The van der Waals surface area contributed by atoms with Gasteiger partial charge in [0.25, 0.3) is 0 Å². The summed E-state index contributed by atoms with van der Waals surface area (Å²) >= 11 is 0. The van der Waals surface area contributed by atoms with Gasteiger partial charge in [-0.05, 0) is 32.6 Å². The van der Waals surface area contributed by atoms with E-state index in [1.165, 1.54) is 5.57 Å². The molecule has 0 aromatic carbocycles. The Hall–Kier alpha value is -1.09. The quantitative estimate of drug-likeness (QED) is 0.719. The summed E-state index contributed by atoms with van der Waals surface area (Å²) in [6.45, 7) is 2.55. The molecule has 0 heterocycles. The van der Waals surface area contributed by atoms with Crippen molar-refractivity contribution < 1.29 is 4.79 Å². The van der Waals surface area contributed by atoms with Gasteiger partial charge in [-0.2, -0.15) is 0 Å². The molecule has 0 saturated heterocycles. The molecule has 0 fully saturated rings. The lowest BCUT2D eigenvalue weighted by Crippen LogP contribution is -2.40. The minimum atomic E-state index is -0.364. The number of hydrogen-bond donors (Lipinski definition) is 2. The van der Waals surface area contributed by atoms with Crippen LogP contribution in [0.1, 0.15) is 32.6 Å². The number of nitrogens with two attached hydrogens (primary N) is 1. The SMILES string of the molecule is CCNC(=O)C(N)CCC1=CC=CCC1. The van der Waals surface area contributed by atoms with Crippen LogP contribution in [-0.4, -0.2) is 18.5 Å². The highest BCUT2D eigenvalue weighted by molar-refractivity contribution is 5.81. The maximum Gasteiger partial charge on any atom is 0.236 e. The van der Waals surface area contributed by atoms with E-state index in [1.807, 2.05) is 6.92 Å². The minimum Gasteiger partial charge on any atom is -0.355 e. The zero-order chi connectivity index (χ0) is 11.1. The molecule has 3 nitrogen and oxygen atoms in total. The van der Waals surface area contributed by atoms with Crippen molar-refractivity contribution in [1.29, 1.82) is 0 Å². The van der Waals surface area contributed by atoms with E-state index in [9.17, 15) is 4.79 Å². The van der Waals surface area contributed by atoms with Crippen LogP contribution in [-0.2, 0) is 4.79 Å². The molecule has 0 spiro atoms. The average Bonchev–Trinajstić information content (AvgIpc) is 2.27. The summed E-state index contributed by atoms with van der Waals surface area (Å²) in [6.07, 6.45) is 10.3. The van der Waals surface area contributed by atoms with Crippen LogP contribution in [0.4, 0.5) is 0 Å². The molecule has 1 atom stereocenters. The average molecular weight is 208 g/mol. The van der Waals surface area contributed by atoms with Gasteiger partial charge in [-0.25, -0.2) is 0 Å². The van der Waals surface area contributed by atoms with Crippen molar-refractivity contribution in [1.82, 2.24) is 5.32 Å². The molecule has 0 radical (unpaired) electrons. The Balaban J connectivity index is 2.26. The zero-order valence-electron chi connectivity index (χ0n) is 9.33. The van der Waals surface area contributed by atoms with Crippen LogP contribution in [0.25, 0.3) is 0 Å². The summed E-state index contributed by atoms with van der Waals surface area (Å²) in [4.78, 5) is 11.3. The molecule has 15 heavy (non-hydrogen) atoms. The Kier molecular flexibility index (Phi) is 5.12. The molecular formula is C12H20N2O. The molecule has 3 heteroatoms. The molecule has 0 saturated carbocycles. The molecule has 0 aromatic rings. The van der Waals surface area contributed by atoms with Gasteiger partial charge in [-0.15, -0.1) is 0 Å². The molecule has 1 aliphatic carbocycles. The van der Waals surface area contributed by atoms with Gasteiger partial charge in [0, 0.05) is 6.54 Å². The van der Waals surface area contributed by atoms with Gasteiger partial charge in [-0.3, -0.25) is 4.79 Å². The summed E-state index contributed by atoms with van der Waals surface area (Å²) in [5, 5.41) is 2.74. The number of amides is 1. The third-order valence-corrected chi connectivity index (χ3v) is 2.56. The lowest BCUT2D eigenvalue weighted by atomic mass is 9.98. The maximum absolute atomic E-state index is 11.3. The lowest BCUT2D eigenvalue weighted by molar-refractivity contribution is -0.122. The third kappa shape index (κ3) is 4.30. The number of allylic oxidation sites excluding steroid dienone is 4. The zero-order valence-corrected chi connectivity index (χ0v) is 9.33. The van der Waals surface area contributed by atoms with Gasteiger partial charge in [0.05, 0.1) is 6.04 Å². The van der Waals surface area contributed by atoms with Gasteiger partial charge in [-0.1, -0.05) is 23.8 Å². The Morgan fingerprint density at radius 3 is 3.07 bits per heavy atom. The highest BCUT2D eigenvalue weighted by Crippen LogP contribution is 2.17.